The van der Waals surface area contributed by atoms with Gasteiger partial charge in [0.2, 0.25) is 0 Å². The summed E-state index contributed by atoms with van der Waals surface area (Å²) in [6.07, 6.45) is 2.93. The summed E-state index contributed by atoms with van der Waals surface area (Å²) < 4.78 is 5.42. The zero-order chi connectivity index (χ0) is 20.1. The van der Waals surface area contributed by atoms with Crippen molar-refractivity contribution in [1.29, 1.82) is 0 Å². The third kappa shape index (κ3) is 4.78. The average molecular weight is 397 g/mol. The molecule has 0 aliphatic heterocycles. The lowest BCUT2D eigenvalue weighted by Crippen LogP contribution is -2.15. The number of carbonyl (C=O) groups excluding carboxylic acids is 1. The van der Waals surface area contributed by atoms with E-state index >= 15 is 0 Å². The largest absolute Gasteiger partial charge is 0.494 e. The quantitative estimate of drug-likeness (QED) is 0.603. The minimum absolute atomic E-state index is 0.202. The van der Waals surface area contributed by atoms with E-state index in [1.54, 1.807) is 6.07 Å². The molecule has 1 heterocycles. The van der Waals surface area contributed by atoms with Gasteiger partial charge in [-0.1, -0.05) is 17.7 Å². The van der Waals surface area contributed by atoms with Crippen molar-refractivity contribution in [2.45, 2.75) is 20.8 Å². The SMILES string of the molecule is CCOc1ccc(Nc2cnc(C(=O)Nc3c(C)cc(C)cc3Cl)cn2)cc1. The van der Waals surface area contributed by atoms with Crippen molar-refractivity contribution in [2.24, 2.45) is 0 Å². The van der Waals surface area contributed by atoms with Crippen LogP contribution in [-0.2, 0) is 0 Å². The van der Waals surface area contributed by atoms with Gasteiger partial charge in [0, 0.05) is 5.69 Å². The molecule has 3 rings (SSSR count). The standard InChI is InChI=1S/C21H21ClN4O2/c1-4-28-16-7-5-15(6-8-16)25-19-12-23-18(11-24-19)21(27)26-20-14(3)9-13(2)10-17(20)22/h5-12H,4H2,1-3H3,(H,24,25)(H,26,27). The van der Waals surface area contributed by atoms with E-state index in [2.05, 4.69) is 20.6 Å². The first-order chi connectivity index (χ1) is 13.5. The highest BCUT2D eigenvalue weighted by Crippen LogP contribution is 2.27. The average Bonchev–Trinajstić information content (AvgIpc) is 2.67. The van der Waals surface area contributed by atoms with Crippen LogP contribution in [-0.4, -0.2) is 22.5 Å². The molecule has 0 unspecified atom stereocenters. The molecule has 0 saturated carbocycles. The lowest BCUT2D eigenvalue weighted by atomic mass is 10.1. The molecular formula is C21H21ClN4O2. The van der Waals surface area contributed by atoms with E-state index in [0.717, 1.165) is 22.6 Å². The Hall–Kier alpha value is -3.12. The minimum Gasteiger partial charge on any atom is -0.494 e. The van der Waals surface area contributed by atoms with E-state index in [9.17, 15) is 4.79 Å². The van der Waals surface area contributed by atoms with Crippen LogP contribution in [0.25, 0.3) is 0 Å². The van der Waals surface area contributed by atoms with Gasteiger partial charge in [0.15, 0.2) is 0 Å². The molecule has 0 radical (unpaired) electrons. The smallest absolute Gasteiger partial charge is 0.275 e. The second-order valence-electron chi connectivity index (χ2n) is 6.26. The van der Waals surface area contributed by atoms with Gasteiger partial charge in [-0.05, 0) is 62.2 Å². The molecule has 0 aliphatic carbocycles. The fraction of sp³-hybridized carbons (Fsp3) is 0.190. The number of aromatic nitrogens is 2. The second kappa shape index (κ2) is 8.71. The van der Waals surface area contributed by atoms with Gasteiger partial charge in [-0.25, -0.2) is 9.97 Å². The normalized spacial score (nSPS) is 10.4. The summed E-state index contributed by atoms with van der Waals surface area (Å²) in [5, 5.41) is 6.43. The zero-order valence-electron chi connectivity index (χ0n) is 15.9. The molecule has 0 fully saturated rings. The van der Waals surface area contributed by atoms with Crippen molar-refractivity contribution in [2.75, 3.05) is 17.2 Å². The van der Waals surface area contributed by atoms with Crippen molar-refractivity contribution < 1.29 is 9.53 Å². The van der Waals surface area contributed by atoms with Gasteiger partial charge in [0.1, 0.15) is 17.3 Å². The Labute approximate surface area is 168 Å². The number of amides is 1. The fourth-order valence-electron chi connectivity index (χ4n) is 2.71. The number of rotatable bonds is 6. The van der Waals surface area contributed by atoms with Crippen LogP contribution in [0.5, 0.6) is 5.75 Å². The molecule has 0 atom stereocenters. The molecule has 2 aromatic carbocycles. The van der Waals surface area contributed by atoms with Crippen LogP contribution in [0, 0.1) is 13.8 Å². The molecule has 0 aliphatic rings. The van der Waals surface area contributed by atoms with Gasteiger partial charge in [0.25, 0.3) is 5.91 Å². The number of carbonyl (C=O) groups is 1. The van der Waals surface area contributed by atoms with Crippen LogP contribution < -0.4 is 15.4 Å². The predicted molar refractivity (Wildman–Crippen MR) is 112 cm³/mol. The summed E-state index contributed by atoms with van der Waals surface area (Å²) in [6.45, 7) is 6.40. The van der Waals surface area contributed by atoms with Crippen molar-refractivity contribution in [3.8, 4) is 5.75 Å². The molecule has 3 aromatic rings. The van der Waals surface area contributed by atoms with Gasteiger partial charge >= 0.3 is 0 Å². The van der Waals surface area contributed by atoms with E-state index in [1.165, 1.54) is 12.4 Å². The number of benzene rings is 2. The van der Waals surface area contributed by atoms with Crippen LogP contribution >= 0.6 is 11.6 Å². The summed E-state index contributed by atoms with van der Waals surface area (Å²) >= 11 is 6.24. The molecule has 1 aromatic heterocycles. The highest BCUT2D eigenvalue weighted by atomic mass is 35.5. The molecule has 6 nitrogen and oxygen atoms in total. The van der Waals surface area contributed by atoms with Crippen LogP contribution in [0.1, 0.15) is 28.5 Å². The fourth-order valence-corrected chi connectivity index (χ4v) is 3.08. The summed E-state index contributed by atoms with van der Waals surface area (Å²) in [4.78, 5) is 20.9. The summed E-state index contributed by atoms with van der Waals surface area (Å²) in [7, 11) is 0. The van der Waals surface area contributed by atoms with Crippen molar-refractivity contribution in [1.82, 2.24) is 9.97 Å². The van der Waals surface area contributed by atoms with E-state index < -0.39 is 0 Å². The summed E-state index contributed by atoms with van der Waals surface area (Å²) in [5.74, 6) is 0.968. The number of hydrogen-bond acceptors (Lipinski definition) is 5. The molecule has 2 N–H and O–H groups in total. The molecule has 0 saturated heterocycles. The molecule has 0 bridgehead atoms. The lowest BCUT2D eigenvalue weighted by Gasteiger charge is -2.11. The van der Waals surface area contributed by atoms with Crippen molar-refractivity contribution >= 4 is 34.7 Å². The first-order valence-electron chi connectivity index (χ1n) is 8.86. The maximum atomic E-state index is 12.5. The Morgan fingerprint density at radius 2 is 1.86 bits per heavy atom. The maximum Gasteiger partial charge on any atom is 0.275 e. The van der Waals surface area contributed by atoms with Gasteiger partial charge in [0.05, 0.1) is 29.7 Å². The first kappa shape index (κ1) is 19.6. The highest BCUT2D eigenvalue weighted by molar-refractivity contribution is 6.34. The summed E-state index contributed by atoms with van der Waals surface area (Å²) in [5.41, 5.74) is 3.55. The van der Waals surface area contributed by atoms with Crippen LogP contribution in [0.3, 0.4) is 0 Å². The zero-order valence-corrected chi connectivity index (χ0v) is 16.7. The number of ether oxygens (including phenoxy) is 1. The highest BCUT2D eigenvalue weighted by Gasteiger charge is 2.13. The van der Waals surface area contributed by atoms with Crippen LogP contribution in [0.15, 0.2) is 48.8 Å². The van der Waals surface area contributed by atoms with Crippen LogP contribution in [0.2, 0.25) is 5.02 Å². The molecule has 0 spiro atoms. The number of hydrogen-bond donors (Lipinski definition) is 2. The van der Waals surface area contributed by atoms with Crippen molar-refractivity contribution in [3.05, 3.63) is 70.6 Å². The second-order valence-corrected chi connectivity index (χ2v) is 6.67. The number of halogens is 1. The monoisotopic (exact) mass is 396 g/mol. The predicted octanol–water partition coefficient (Wildman–Crippen LogP) is 5.14. The Kier molecular flexibility index (Phi) is 6.11. The molecule has 1 amide bonds. The van der Waals surface area contributed by atoms with E-state index in [4.69, 9.17) is 16.3 Å². The minimum atomic E-state index is -0.367. The van der Waals surface area contributed by atoms with Crippen LogP contribution in [0.4, 0.5) is 17.2 Å². The van der Waals surface area contributed by atoms with E-state index in [1.807, 2.05) is 51.1 Å². The number of anilines is 3. The Bertz CT molecular complexity index is 950. The molecule has 28 heavy (non-hydrogen) atoms. The van der Waals surface area contributed by atoms with Gasteiger partial charge in [-0.15, -0.1) is 0 Å². The number of aryl methyl sites for hydroxylation is 2. The number of nitrogens with zero attached hydrogens (tertiary/aromatic N) is 2. The van der Waals surface area contributed by atoms with Gasteiger partial charge in [-0.3, -0.25) is 4.79 Å². The van der Waals surface area contributed by atoms with Crippen molar-refractivity contribution in [3.63, 3.8) is 0 Å². The molecule has 144 valence electrons. The summed E-state index contributed by atoms with van der Waals surface area (Å²) in [6, 6.07) is 11.3. The van der Waals surface area contributed by atoms with E-state index in [0.29, 0.717) is 23.1 Å². The van der Waals surface area contributed by atoms with Gasteiger partial charge < -0.3 is 15.4 Å². The Morgan fingerprint density at radius 3 is 2.46 bits per heavy atom. The molecular weight excluding hydrogens is 376 g/mol. The number of nitrogens with one attached hydrogen (secondary N) is 2. The Morgan fingerprint density at radius 1 is 1.11 bits per heavy atom. The maximum absolute atomic E-state index is 12.5. The molecule has 7 heteroatoms. The third-order valence-electron chi connectivity index (χ3n) is 3.99. The third-order valence-corrected chi connectivity index (χ3v) is 4.29. The van der Waals surface area contributed by atoms with Gasteiger partial charge in [-0.2, -0.15) is 0 Å². The first-order valence-corrected chi connectivity index (χ1v) is 9.24. The lowest BCUT2D eigenvalue weighted by molar-refractivity contribution is 0.102. The Balaban J connectivity index is 1.67. The topological polar surface area (TPSA) is 76.1 Å². The van der Waals surface area contributed by atoms with E-state index in [-0.39, 0.29) is 11.6 Å².